The Kier molecular flexibility index (Phi) is 4.90. The Balaban J connectivity index is 1.90. The topological polar surface area (TPSA) is 59.8 Å². The van der Waals surface area contributed by atoms with Crippen LogP contribution in [0.15, 0.2) is 30.3 Å². The third-order valence-corrected chi connectivity index (χ3v) is 5.22. The van der Waals surface area contributed by atoms with Crippen molar-refractivity contribution in [3.63, 3.8) is 0 Å². The van der Waals surface area contributed by atoms with Gasteiger partial charge in [0.15, 0.2) is 0 Å². The lowest BCUT2D eigenvalue weighted by atomic mass is 10.1. The van der Waals surface area contributed by atoms with E-state index < -0.39 is 0 Å². The molecule has 0 aliphatic rings. The average Bonchev–Trinajstić information content (AvgIpc) is 3.10. The van der Waals surface area contributed by atoms with Crippen LogP contribution in [0.2, 0.25) is 5.02 Å². The number of thiazole rings is 1. The van der Waals surface area contributed by atoms with Crippen LogP contribution < -0.4 is 5.32 Å². The molecule has 0 bridgehead atoms. The third-order valence-electron chi connectivity index (χ3n) is 3.78. The van der Waals surface area contributed by atoms with Gasteiger partial charge < -0.3 is 5.32 Å². The second kappa shape index (κ2) is 6.85. The Morgan fingerprint density at radius 3 is 2.62 bits per heavy atom. The van der Waals surface area contributed by atoms with Crippen LogP contribution in [-0.4, -0.2) is 20.7 Å². The Bertz CT molecular complexity index is 968. The Labute approximate surface area is 162 Å². The monoisotopic (exact) mass is 388 g/mol. The van der Waals surface area contributed by atoms with Crippen molar-refractivity contribution < 1.29 is 4.79 Å². The molecule has 0 aliphatic carbocycles. The van der Waals surface area contributed by atoms with Crippen LogP contribution in [0.5, 0.6) is 0 Å². The number of hydrogen-bond acceptors (Lipinski definition) is 4. The molecule has 1 N–H and O–H groups in total. The number of rotatable bonds is 3. The summed E-state index contributed by atoms with van der Waals surface area (Å²) >= 11 is 7.42. The number of carbonyl (C=O) groups is 1. The van der Waals surface area contributed by atoms with E-state index in [4.69, 9.17) is 11.6 Å². The van der Waals surface area contributed by atoms with Crippen molar-refractivity contribution >= 4 is 34.7 Å². The molecule has 0 unspecified atom stereocenters. The lowest BCUT2D eigenvalue weighted by Crippen LogP contribution is -2.26. The van der Waals surface area contributed by atoms with Crippen LogP contribution >= 0.6 is 22.9 Å². The molecule has 7 heteroatoms. The third kappa shape index (κ3) is 3.81. The molecule has 0 aliphatic heterocycles. The largest absolute Gasteiger partial charge is 0.306 e. The standard InChI is InChI=1S/C19H21ClN4OS/c1-11-9-15(24(23-11)19(3,4)5)22-17(25)16-12(2)21-18(26-16)13-7-6-8-14(20)10-13/h6-10H,1-5H3,(H,22,25). The van der Waals surface area contributed by atoms with Gasteiger partial charge in [0.1, 0.15) is 15.7 Å². The van der Waals surface area contributed by atoms with Crippen molar-refractivity contribution in [3.05, 3.63) is 51.6 Å². The number of anilines is 1. The Morgan fingerprint density at radius 1 is 1.23 bits per heavy atom. The average molecular weight is 389 g/mol. The second-order valence-corrected chi connectivity index (χ2v) is 8.59. The summed E-state index contributed by atoms with van der Waals surface area (Å²) in [6.45, 7) is 9.89. The van der Waals surface area contributed by atoms with Gasteiger partial charge in [-0.2, -0.15) is 5.10 Å². The van der Waals surface area contributed by atoms with Gasteiger partial charge in [-0.05, 0) is 46.8 Å². The molecular weight excluding hydrogens is 368 g/mol. The van der Waals surface area contributed by atoms with E-state index in [-0.39, 0.29) is 11.4 Å². The lowest BCUT2D eigenvalue weighted by Gasteiger charge is -2.22. The van der Waals surface area contributed by atoms with E-state index in [2.05, 4.69) is 15.4 Å². The summed E-state index contributed by atoms with van der Waals surface area (Å²) in [5.74, 6) is 0.496. The fourth-order valence-corrected chi connectivity index (χ4v) is 3.77. The first-order valence-electron chi connectivity index (χ1n) is 8.27. The molecular formula is C19H21ClN4OS. The van der Waals surface area contributed by atoms with E-state index in [0.29, 0.717) is 21.4 Å². The van der Waals surface area contributed by atoms with Gasteiger partial charge in [0.25, 0.3) is 5.91 Å². The smallest absolute Gasteiger partial charge is 0.268 e. The maximum absolute atomic E-state index is 12.8. The number of nitrogens with one attached hydrogen (secondary N) is 1. The minimum Gasteiger partial charge on any atom is -0.306 e. The van der Waals surface area contributed by atoms with Gasteiger partial charge >= 0.3 is 0 Å². The quantitative estimate of drug-likeness (QED) is 0.663. The normalized spacial score (nSPS) is 11.6. The van der Waals surface area contributed by atoms with Gasteiger partial charge in [-0.25, -0.2) is 9.67 Å². The molecule has 2 heterocycles. The van der Waals surface area contributed by atoms with Gasteiger partial charge in [-0.15, -0.1) is 11.3 Å². The number of halogens is 1. The summed E-state index contributed by atoms with van der Waals surface area (Å²) in [4.78, 5) is 17.9. The van der Waals surface area contributed by atoms with Crippen molar-refractivity contribution in [3.8, 4) is 10.6 Å². The maximum Gasteiger partial charge on any atom is 0.268 e. The highest BCUT2D eigenvalue weighted by atomic mass is 35.5. The predicted molar refractivity (Wildman–Crippen MR) is 107 cm³/mol. The molecule has 0 radical (unpaired) electrons. The van der Waals surface area contributed by atoms with E-state index in [9.17, 15) is 4.79 Å². The number of nitrogens with zero attached hydrogens (tertiary/aromatic N) is 3. The highest BCUT2D eigenvalue weighted by Gasteiger charge is 2.22. The molecule has 2 aromatic heterocycles. The van der Waals surface area contributed by atoms with Crippen LogP contribution in [0, 0.1) is 13.8 Å². The SMILES string of the molecule is Cc1cc(NC(=O)c2sc(-c3cccc(Cl)c3)nc2C)n(C(C)(C)C)n1. The van der Waals surface area contributed by atoms with Crippen LogP contribution in [0.1, 0.15) is 41.8 Å². The molecule has 136 valence electrons. The summed E-state index contributed by atoms with van der Waals surface area (Å²) in [7, 11) is 0. The number of benzene rings is 1. The number of aromatic nitrogens is 3. The molecule has 1 aromatic carbocycles. The van der Waals surface area contributed by atoms with E-state index in [1.807, 2.05) is 69.6 Å². The fraction of sp³-hybridized carbons (Fsp3) is 0.316. The highest BCUT2D eigenvalue weighted by molar-refractivity contribution is 7.17. The zero-order valence-electron chi connectivity index (χ0n) is 15.4. The molecule has 0 fully saturated rings. The van der Waals surface area contributed by atoms with E-state index in [1.54, 1.807) is 0 Å². The van der Waals surface area contributed by atoms with Crippen LogP contribution in [0.25, 0.3) is 10.6 Å². The van der Waals surface area contributed by atoms with Crippen LogP contribution in [-0.2, 0) is 5.54 Å². The summed E-state index contributed by atoms with van der Waals surface area (Å²) in [6.07, 6.45) is 0. The zero-order valence-corrected chi connectivity index (χ0v) is 17.0. The summed E-state index contributed by atoms with van der Waals surface area (Å²) in [5.41, 5.74) is 2.23. The van der Waals surface area contributed by atoms with E-state index in [0.717, 1.165) is 16.3 Å². The summed E-state index contributed by atoms with van der Waals surface area (Å²) < 4.78 is 1.83. The van der Waals surface area contributed by atoms with Crippen LogP contribution in [0.4, 0.5) is 5.82 Å². The van der Waals surface area contributed by atoms with Crippen molar-refractivity contribution in [2.45, 2.75) is 40.2 Å². The van der Waals surface area contributed by atoms with Gasteiger partial charge in [-0.3, -0.25) is 4.79 Å². The molecule has 3 aromatic rings. The Hall–Kier alpha value is -2.18. The molecule has 0 spiro atoms. The van der Waals surface area contributed by atoms with Crippen molar-refractivity contribution in [2.75, 3.05) is 5.32 Å². The predicted octanol–water partition coefficient (Wildman–Crippen LogP) is 5.28. The highest BCUT2D eigenvalue weighted by Crippen LogP contribution is 2.30. The molecule has 26 heavy (non-hydrogen) atoms. The Morgan fingerprint density at radius 2 is 1.96 bits per heavy atom. The summed E-state index contributed by atoms with van der Waals surface area (Å²) in [5, 5.41) is 8.88. The first-order valence-corrected chi connectivity index (χ1v) is 9.46. The number of hydrogen-bond donors (Lipinski definition) is 1. The van der Waals surface area contributed by atoms with E-state index >= 15 is 0 Å². The first-order chi connectivity index (χ1) is 12.1. The minimum absolute atomic E-state index is 0.182. The van der Waals surface area contributed by atoms with Crippen molar-refractivity contribution in [1.29, 1.82) is 0 Å². The van der Waals surface area contributed by atoms with Gasteiger partial charge in [0.2, 0.25) is 0 Å². The van der Waals surface area contributed by atoms with Gasteiger partial charge in [0.05, 0.1) is 16.9 Å². The van der Waals surface area contributed by atoms with E-state index in [1.165, 1.54) is 11.3 Å². The first kappa shape index (κ1) is 18.6. The van der Waals surface area contributed by atoms with Crippen molar-refractivity contribution in [1.82, 2.24) is 14.8 Å². The minimum atomic E-state index is -0.231. The van der Waals surface area contributed by atoms with Gasteiger partial charge in [0, 0.05) is 16.7 Å². The molecule has 3 rings (SSSR count). The fourth-order valence-electron chi connectivity index (χ4n) is 2.63. The van der Waals surface area contributed by atoms with Crippen molar-refractivity contribution in [2.24, 2.45) is 0 Å². The second-order valence-electron chi connectivity index (χ2n) is 7.15. The molecule has 1 amide bonds. The zero-order chi connectivity index (χ0) is 19.1. The number of amides is 1. The molecule has 5 nitrogen and oxygen atoms in total. The summed E-state index contributed by atoms with van der Waals surface area (Å²) in [6, 6.07) is 9.34. The lowest BCUT2D eigenvalue weighted by molar-refractivity contribution is 0.102. The molecule has 0 atom stereocenters. The van der Waals surface area contributed by atoms with Gasteiger partial charge in [-0.1, -0.05) is 23.7 Å². The number of aryl methyl sites for hydroxylation is 2. The number of carbonyl (C=O) groups excluding carboxylic acids is 1. The maximum atomic E-state index is 12.8. The molecule has 0 saturated heterocycles. The molecule has 0 saturated carbocycles. The van der Waals surface area contributed by atoms with Crippen LogP contribution in [0.3, 0.4) is 0 Å².